The molecule has 1 aromatic carbocycles. The first-order valence-corrected chi connectivity index (χ1v) is 8.40. The number of piperidine rings is 1. The molecule has 122 valence electrons. The molecule has 0 bridgehead atoms. The maximum Gasteiger partial charge on any atom is 0.171 e. The fourth-order valence-corrected chi connectivity index (χ4v) is 2.64. The molecule has 1 N–H and O–H groups in total. The van der Waals surface area contributed by atoms with Crippen LogP contribution < -0.4 is 14.8 Å². The summed E-state index contributed by atoms with van der Waals surface area (Å²) in [4.78, 5) is 12.8. The van der Waals surface area contributed by atoms with Crippen LogP contribution in [0.3, 0.4) is 0 Å². The Labute approximate surface area is 133 Å². The molecule has 2 rings (SSSR count). The van der Waals surface area contributed by atoms with Gasteiger partial charge in [0.2, 0.25) is 0 Å². The van der Waals surface area contributed by atoms with E-state index < -0.39 is 0 Å². The number of carbonyl (C=O) groups excluding carboxylic acids is 1. The van der Waals surface area contributed by atoms with E-state index in [1.165, 1.54) is 0 Å². The Kier molecular flexibility index (Phi) is 6.72. The summed E-state index contributed by atoms with van der Waals surface area (Å²) in [6, 6.07) is 5.60. The van der Waals surface area contributed by atoms with E-state index in [4.69, 9.17) is 9.47 Å². The molecular weight excluding hydrogens is 278 g/mol. The van der Waals surface area contributed by atoms with E-state index in [0.29, 0.717) is 24.5 Å². The van der Waals surface area contributed by atoms with Crippen LogP contribution in [0.25, 0.3) is 0 Å². The maximum absolute atomic E-state index is 12.8. The van der Waals surface area contributed by atoms with E-state index in [9.17, 15) is 4.79 Å². The Balaban J connectivity index is 2.20. The lowest BCUT2D eigenvalue weighted by Gasteiger charge is -2.23. The van der Waals surface area contributed by atoms with Gasteiger partial charge in [-0.3, -0.25) is 4.79 Å². The third kappa shape index (κ3) is 4.47. The van der Waals surface area contributed by atoms with Crippen molar-refractivity contribution in [1.29, 1.82) is 0 Å². The van der Waals surface area contributed by atoms with Crippen LogP contribution in [0.2, 0.25) is 0 Å². The van der Waals surface area contributed by atoms with Crippen molar-refractivity contribution in [2.24, 2.45) is 5.92 Å². The van der Waals surface area contributed by atoms with Crippen molar-refractivity contribution in [1.82, 2.24) is 5.32 Å². The van der Waals surface area contributed by atoms with E-state index in [1.54, 1.807) is 0 Å². The molecule has 0 radical (unpaired) electrons. The van der Waals surface area contributed by atoms with Gasteiger partial charge in [0.1, 0.15) is 11.5 Å². The van der Waals surface area contributed by atoms with Crippen LogP contribution in [0.5, 0.6) is 11.5 Å². The highest BCUT2D eigenvalue weighted by atomic mass is 16.5. The zero-order valence-corrected chi connectivity index (χ0v) is 13.7. The first-order chi connectivity index (χ1) is 10.8. The molecule has 4 nitrogen and oxygen atoms in total. The van der Waals surface area contributed by atoms with Crippen molar-refractivity contribution >= 4 is 5.78 Å². The quantitative estimate of drug-likeness (QED) is 0.747. The van der Waals surface area contributed by atoms with Gasteiger partial charge in [0, 0.05) is 12.5 Å². The number of rotatable bonds is 8. The normalized spacial score (nSPS) is 18.0. The largest absolute Gasteiger partial charge is 0.494 e. The van der Waals surface area contributed by atoms with Crippen molar-refractivity contribution in [3.8, 4) is 11.5 Å². The van der Waals surface area contributed by atoms with E-state index in [-0.39, 0.29) is 11.7 Å². The number of ether oxygens (including phenoxy) is 2. The topological polar surface area (TPSA) is 47.6 Å². The van der Waals surface area contributed by atoms with Gasteiger partial charge >= 0.3 is 0 Å². The maximum atomic E-state index is 12.8. The van der Waals surface area contributed by atoms with E-state index in [2.05, 4.69) is 19.2 Å². The predicted molar refractivity (Wildman–Crippen MR) is 87.9 cm³/mol. The van der Waals surface area contributed by atoms with Gasteiger partial charge in [0.05, 0.1) is 18.8 Å². The zero-order chi connectivity index (χ0) is 15.8. The number of carbonyl (C=O) groups is 1. The Bertz CT molecular complexity index is 481. The summed E-state index contributed by atoms with van der Waals surface area (Å²) >= 11 is 0. The fourth-order valence-electron chi connectivity index (χ4n) is 2.64. The molecule has 0 amide bonds. The molecular formula is C18H27NO3. The monoisotopic (exact) mass is 305 g/mol. The van der Waals surface area contributed by atoms with Gasteiger partial charge in [-0.25, -0.2) is 0 Å². The molecule has 0 aliphatic carbocycles. The van der Waals surface area contributed by atoms with Crippen molar-refractivity contribution < 1.29 is 14.3 Å². The second-order valence-electron chi connectivity index (χ2n) is 5.76. The lowest BCUT2D eigenvalue weighted by Crippen LogP contribution is -2.34. The smallest absolute Gasteiger partial charge is 0.171 e. The average molecular weight is 305 g/mol. The average Bonchev–Trinajstić information content (AvgIpc) is 2.58. The number of benzene rings is 1. The lowest BCUT2D eigenvalue weighted by molar-refractivity contribution is 0.0895. The molecule has 1 atom stereocenters. The molecule has 1 aliphatic heterocycles. The molecule has 0 aromatic heterocycles. The van der Waals surface area contributed by atoms with Crippen molar-refractivity contribution in [3.05, 3.63) is 23.8 Å². The van der Waals surface area contributed by atoms with Gasteiger partial charge in [-0.05, 0) is 50.4 Å². The number of ketones is 1. The van der Waals surface area contributed by atoms with Crippen LogP contribution in [-0.4, -0.2) is 32.1 Å². The lowest BCUT2D eigenvalue weighted by atomic mass is 9.90. The summed E-state index contributed by atoms with van der Waals surface area (Å²) in [5.74, 6) is 1.64. The SMILES string of the molecule is CCCOc1ccc(OCCC)c(C(=O)C2CCCNC2)c1. The summed E-state index contributed by atoms with van der Waals surface area (Å²) in [5, 5.41) is 3.30. The second-order valence-corrected chi connectivity index (χ2v) is 5.76. The highest BCUT2D eigenvalue weighted by Gasteiger charge is 2.25. The third-order valence-electron chi connectivity index (χ3n) is 3.82. The molecule has 1 fully saturated rings. The molecule has 22 heavy (non-hydrogen) atoms. The van der Waals surface area contributed by atoms with Gasteiger partial charge in [0.15, 0.2) is 5.78 Å². The molecule has 1 unspecified atom stereocenters. The van der Waals surface area contributed by atoms with E-state index in [1.807, 2.05) is 18.2 Å². The van der Waals surface area contributed by atoms with Gasteiger partial charge in [-0.2, -0.15) is 0 Å². The van der Waals surface area contributed by atoms with Crippen LogP contribution in [-0.2, 0) is 0 Å². The van der Waals surface area contributed by atoms with Crippen LogP contribution >= 0.6 is 0 Å². The number of Topliss-reactive ketones (excluding diaryl/α,β-unsaturated/α-hetero) is 1. The third-order valence-corrected chi connectivity index (χ3v) is 3.82. The second kappa shape index (κ2) is 8.79. The Morgan fingerprint density at radius 2 is 2.00 bits per heavy atom. The minimum atomic E-state index is 0.0409. The number of hydrogen-bond acceptors (Lipinski definition) is 4. The summed E-state index contributed by atoms with van der Waals surface area (Å²) < 4.78 is 11.4. The number of nitrogens with one attached hydrogen (secondary N) is 1. The summed E-state index contributed by atoms with van der Waals surface area (Å²) in [7, 11) is 0. The van der Waals surface area contributed by atoms with Crippen molar-refractivity contribution in [3.63, 3.8) is 0 Å². The summed E-state index contributed by atoms with van der Waals surface area (Å²) in [5.41, 5.74) is 0.663. The Hall–Kier alpha value is -1.55. The van der Waals surface area contributed by atoms with Crippen molar-refractivity contribution in [2.45, 2.75) is 39.5 Å². The van der Waals surface area contributed by atoms with Crippen molar-refractivity contribution in [2.75, 3.05) is 26.3 Å². The molecule has 1 aliphatic rings. The van der Waals surface area contributed by atoms with Crippen LogP contribution in [0.4, 0.5) is 0 Å². The molecule has 4 heteroatoms. The van der Waals surface area contributed by atoms with Gasteiger partial charge < -0.3 is 14.8 Å². The van der Waals surface area contributed by atoms with Gasteiger partial charge in [-0.15, -0.1) is 0 Å². The van der Waals surface area contributed by atoms with E-state index >= 15 is 0 Å². The molecule has 0 spiro atoms. The van der Waals surface area contributed by atoms with E-state index in [0.717, 1.165) is 44.5 Å². The minimum Gasteiger partial charge on any atom is -0.494 e. The molecule has 1 aromatic rings. The fraction of sp³-hybridized carbons (Fsp3) is 0.611. The number of hydrogen-bond donors (Lipinski definition) is 1. The Morgan fingerprint density at radius 1 is 1.23 bits per heavy atom. The van der Waals surface area contributed by atoms with Crippen LogP contribution in [0, 0.1) is 5.92 Å². The van der Waals surface area contributed by atoms with Gasteiger partial charge in [-0.1, -0.05) is 13.8 Å². The highest BCUT2D eigenvalue weighted by Crippen LogP contribution is 2.28. The first-order valence-electron chi connectivity index (χ1n) is 8.40. The first kappa shape index (κ1) is 16.8. The summed E-state index contributed by atoms with van der Waals surface area (Å²) in [6.07, 6.45) is 3.86. The standard InChI is InChI=1S/C18H27NO3/c1-3-10-21-15-7-8-17(22-11-4-2)16(12-15)18(20)14-6-5-9-19-13-14/h7-8,12,14,19H,3-6,9-11,13H2,1-2H3. The van der Waals surface area contributed by atoms with Gasteiger partial charge in [0.25, 0.3) is 0 Å². The zero-order valence-electron chi connectivity index (χ0n) is 13.7. The molecule has 0 saturated carbocycles. The highest BCUT2D eigenvalue weighted by molar-refractivity contribution is 6.00. The molecule has 1 heterocycles. The molecule has 1 saturated heterocycles. The van der Waals surface area contributed by atoms with Crippen LogP contribution in [0.15, 0.2) is 18.2 Å². The van der Waals surface area contributed by atoms with Crippen LogP contribution in [0.1, 0.15) is 49.9 Å². The predicted octanol–water partition coefficient (Wildman–Crippen LogP) is 3.45. The Morgan fingerprint density at radius 3 is 2.68 bits per heavy atom. The minimum absolute atomic E-state index is 0.0409. The summed E-state index contributed by atoms with van der Waals surface area (Å²) in [6.45, 7) is 7.17.